The molecule has 1 saturated carbocycles. The summed E-state index contributed by atoms with van der Waals surface area (Å²) in [6.45, 7) is 2.47. The Balaban J connectivity index is 1.65. The van der Waals surface area contributed by atoms with Gasteiger partial charge in [-0.1, -0.05) is 30.9 Å². The summed E-state index contributed by atoms with van der Waals surface area (Å²) in [6.07, 6.45) is 15.4. The van der Waals surface area contributed by atoms with E-state index in [0.29, 0.717) is 6.61 Å². The first-order valence-corrected chi connectivity index (χ1v) is 7.84. The minimum atomic E-state index is 0.194. The predicted octanol–water partition coefficient (Wildman–Crippen LogP) is 3.41. The molecule has 0 unspecified atom stereocenters. The van der Waals surface area contributed by atoms with Crippen molar-refractivity contribution >= 4 is 0 Å². The molecule has 18 heavy (non-hydrogen) atoms. The topological polar surface area (TPSA) is 32.3 Å². The molecule has 0 aromatic heterocycles. The molecule has 0 heterocycles. The first kappa shape index (κ1) is 14.1. The van der Waals surface area contributed by atoms with Crippen molar-refractivity contribution in [2.75, 3.05) is 19.7 Å². The maximum atomic E-state index is 9.64. The monoisotopic (exact) mass is 251 g/mol. The van der Waals surface area contributed by atoms with E-state index in [4.69, 9.17) is 0 Å². The molecule has 2 aliphatic carbocycles. The third-order valence-electron chi connectivity index (χ3n) is 4.76. The summed E-state index contributed by atoms with van der Waals surface area (Å²) in [5.74, 6) is 0. The maximum Gasteiger partial charge on any atom is 0.0499 e. The molecule has 2 rings (SSSR count). The Bertz CT molecular complexity index is 266. The van der Waals surface area contributed by atoms with Crippen LogP contribution < -0.4 is 5.32 Å². The van der Waals surface area contributed by atoms with E-state index < -0.39 is 0 Å². The van der Waals surface area contributed by atoms with Gasteiger partial charge in [0.1, 0.15) is 0 Å². The van der Waals surface area contributed by atoms with Gasteiger partial charge in [0.05, 0.1) is 0 Å². The molecule has 0 amide bonds. The molecule has 2 nitrogen and oxygen atoms in total. The van der Waals surface area contributed by atoms with E-state index in [9.17, 15) is 5.11 Å². The number of allylic oxidation sites excluding steroid dienone is 1. The molecule has 0 atom stereocenters. The van der Waals surface area contributed by atoms with Crippen molar-refractivity contribution in [3.05, 3.63) is 11.6 Å². The van der Waals surface area contributed by atoms with Gasteiger partial charge in [0, 0.05) is 18.6 Å². The van der Waals surface area contributed by atoms with Gasteiger partial charge in [0.2, 0.25) is 0 Å². The Morgan fingerprint density at radius 3 is 2.61 bits per heavy atom. The number of nitrogens with one attached hydrogen (secondary N) is 1. The summed E-state index contributed by atoms with van der Waals surface area (Å²) < 4.78 is 0. The molecule has 2 aliphatic rings. The lowest BCUT2D eigenvalue weighted by Crippen LogP contribution is -2.39. The summed E-state index contributed by atoms with van der Waals surface area (Å²) in [6, 6.07) is 0. The maximum absolute atomic E-state index is 9.64. The van der Waals surface area contributed by atoms with Crippen molar-refractivity contribution in [1.82, 2.24) is 5.32 Å². The van der Waals surface area contributed by atoms with Crippen LogP contribution in [0.5, 0.6) is 0 Å². The van der Waals surface area contributed by atoms with Crippen molar-refractivity contribution in [2.45, 2.75) is 64.2 Å². The second-order valence-corrected chi connectivity index (χ2v) is 6.25. The molecule has 0 bridgehead atoms. The molecular formula is C16H29NO. The molecule has 2 heteroatoms. The molecule has 0 saturated heterocycles. The van der Waals surface area contributed by atoms with Crippen LogP contribution in [0.4, 0.5) is 0 Å². The standard InChI is InChI=1S/C16H29NO/c18-14-16(10-5-2-6-11-16)13-17-12-9-15-7-3-1-4-8-15/h7,17-18H,1-6,8-14H2. The van der Waals surface area contributed by atoms with E-state index in [-0.39, 0.29) is 5.41 Å². The van der Waals surface area contributed by atoms with Gasteiger partial charge in [-0.15, -0.1) is 0 Å². The summed E-state index contributed by atoms with van der Waals surface area (Å²) >= 11 is 0. The van der Waals surface area contributed by atoms with Crippen molar-refractivity contribution in [1.29, 1.82) is 0 Å². The van der Waals surface area contributed by atoms with Crippen LogP contribution in [0.3, 0.4) is 0 Å². The zero-order chi connectivity index (χ0) is 12.7. The SMILES string of the molecule is OCC1(CNCCC2=CCCCC2)CCCCC1. The highest BCUT2D eigenvalue weighted by Gasteiger charge is 2.30. The Morgan fingerprint density at radius 1 is 1.11 bits per heavy atom. The Morgan fingerprint density at radius 2 is 1.94 bits per heavy atom. The minimum absolute atomic E-state index is 0.194. The third kappa shape index (κ3) is 4.10. The molecule has 0 aromatic rings. The smallest absolute Gasteiger partial charge is 0.0499 e. The van der Waals surface area contributed by atoms with Crippen molar-refractivity contribution in [3.63, 3.8) is 0 Å². The van der Waals surface area contributed by atoms with Crippen LogP contribution >= 0.6 is 0 Å². The fourth-order valence-corrected chi connectivity index (χ4v) is 3.43. The van der Waals surface area contributed by atoms with E-state index in [1.807, 2.05) is 0 Å². The molecule has 0 spiro atoms. The molecule has 2 N–H and O–H groups in total. The van der Waals surface area contributed by atoms with Crippen molar-refractivity contribution < 1.29 is 5.11 Å². The first-order valence-electron chi connectivity index (χ1n) is 7.84. The number of hydrogen-bond acceptors (Lipinski definition) is 2. The minimum Gasteiger partial charge on any atom is -0.396 e. The lowest BCUT2D eigenvalue weighted by molar-refractivity contribution is 0.0816. The van der Waals surface area contributed by atoms with Crippen LogP contribution in [0.15, 0.2) is 11.6 Å². The Hall–Kier alpha value is -0.340. The molecule has 0 aromatic carbocycles. The summed E-state index contributed by atoms with van der Waals surface area (Å²) in [4.78, 5) is 0. The summed E-state index contributed by atoms with van der Waals surface area (Å²) in [5, 5.41) is 13.2. The van der Waals surface area contributed by atoms with Crippen molar-refractivity contribution in [2.24, 2.45) is 5.41 Å². The number of aliphatic hydroxyl groups excluding tert-OH is 1. The fourth-order valence-electron chi connectivity index (χ4n) is 3.43. The van der Waals surface area contributed by atoms with Gasteiger partial charge in [-0.3, -0.25) is 0 Å². The average molecular weight is 251 g/mol. The zero-order valence-corrected chi connectivity index (χ0v) is 11.7. The second-order valence-electron chi connectivity index (χ2n) is 6.25. The van der Waals surface area contributed by atoms with Gasteiger partial charge in [-0.2, -0.15) is 0 Å². The highest BCUT2D eigenvalue weighted by molar-refractivity contribution is 5.05. The van der Waals surface area contributed by atoms with Crippen LogP contribution in [-0.4, -0.2) is 24.8 Å². The molecule has 0 aliphatic heterocycles. The van der Waals surface area contributed by atoms with E-state index >= 15 is 0 Å². The molecule has 104 valence electrons. The lowest BCUT2D eigenvalue weighted by atomic mass is 9.74. The van der Waals surface area contributed by atoms with Gasteiger partial charge < -0.3 is 10.4 Å². The number of rotatable bonds is 6. The molecule has 1 fully saturated rings. The van der Waals surface area contributed by atoms with Gasteiger partial charge in [-0.25, -0.2) is 0 Å². The zero-order valence-electron chi connectivity index (χ0n) is 11.7. The fraction of sp³-hybridized carbons (Fsp3) is 0.875. The number of hydrogen-bond donors (Lipinski definition) is 2. The van der Waals surface area contributed by atoms with Gasteiger partial charge in [0.15, 0.2) is 0 Å². The van der Waals surface area contributed by atoms with E-state index in [0.717, 1.165) is 13.1 Å². The van der Waals surface area contributed by atoms with E-state index in [1.54, 1.807) is 5.57 Å². The van der Waals surface area contributed by atoms with Gasteiger partial charge >= 0.3 is 0 Å². The van der Waals surface area contributed by atoms with Gasteiger partial charge in [0.25, 0.3) is 0 Å². The second kappa shape index (κ2) is 7.30. The highest BCUT2D eigenvalue weighted by Crippen LogP contribution is 2.35. The molecule has 0 radical (unpaired) electrons. The predicted molar refractivity (Wildman–Crippen MR) is 76.6 cm³/mol. The number of aliphatic hydroxyl groups is 1. The third-order valence-corrected chi connectivity index (χ3v) is 4.76. The van der Waals surface area contributed by atoms with E-state index in [1.165, 1.54) is 64.2 Å². The normalized spacial score (nSPS) is 23.7. The van der Waals surface area contributed by atoms with Crippen LogP contribution in [0.25, 0.3) is 0 Å². The average Bonchev–Trinajstić information content (AvgIpc) is 2.46. The summed E-state index contributed by atoms with van der Waals surface area (Å²) in [7, 11) is 0. The largest absolute Gasteiger partial charge is 0.396 e. The van der Waals surface area contributed by atoms with Crippen LogP contribution in [0.2, 0.25) is 0 Å². The molecular weight excluding hydrogens is 222 g/mol. The van der Waals surface area contributed by atoms with Gasteiger partial charge in [-0.05, 0) is 51.5 Å². The Labute approximate surface area is 112 Å². The van der Waals surface area contributed by atoms with Crippen LogP contribution in [0, 0.1) is 5.41 Å². The van der Waals surface area contributed by atoms with E-state index in [2.05, 4.69) is 11.4 Å². The summed E-state index contributed by atoms with van der Waals surface area (Å²) in [5.41, 5.74) is 1.84. The van der Waals surface area contributed by atoms with Crippen LogP contribution in [0.1, 0.15) is 64.2 Å². The van der Waals surface area contributed by atoms with Crippen LogP contribution in [-0.2, 0) is 0 Å². The first-order chi connectivity index (χ1) is 8.85. The quantitative estimate of drug-likeness (QED) is 0.560. The Kier molecular flexibility index (Phi) is 5.71. The van der Waals surface area contributed by atoms with Crippen molar-refractivity contribution in [3.8, 4) is 0 Å². The highest BCUT2D eigenvalue weighted by atomic mass is 16.3. The lowest BCUT2D eigenvalue weighted by Gasteiger charge is -2.35.